The lowest BCUT2D eigenvalue weighted by Crippen LogP contribution is -2.36. The molecule has 0 aliphatic carbocycles. The minimum absolute atomic E-state index is 0.0196. The average molecular weight is 1070 g/mol. The van der Waals surface area contributed by atoms with E-state index in [4.69, 9.17) is 72.7 Å². The number of anilines is 2. The molecule has 2 aliphatic rings. The van der Waals surface area contributed by atoms with Crippen LogP contribution in [0.2, 0.25) is 15.5 Å². The van der Waals surface area contributed by atoms with Crippen LogP contribution < -0.4 is 19.3 Å². The van der Waals surface area contributed by atoms with E-state index in [0.29, 0.717) is 48.2 Å². The van der Waals surface area contributed by atoms with E-state index in [0.717, 1.165) is 113 Å². The van der Waals surface area contributed by atoms with Gasteiger partial charge in [0.15, 0.2) is 46.3 Å². The fourth-order valence-corrected chi connectivity index (χ4v) is 7.91. The molecule has 0 amide bonds. The van der Waals surface area contributed by atoms with Gasteiger partial charge < -0.3 is 52.8 Å². The number of benzene rings is 2. The zero-order chi connectivity index (χ0) is 48.4. The Balaban J connectivity index is 0.000000162. The molecule has 0 atom stereocenters. The van der Waals surface area contributed by atoms with Gasteiger partial charge >= 0.3 is 0 Å². The minimum Gasteiger partial charge on any atom is -0.505 e. The summed E-state index contributed by atoms with van der Waals surface area (Å²) in [4.78, 5) is 25.8. The van der Waals surface area contributed by atoms with Crippen molar-refractivity contribution in [1.82, 2.24) is 24.9 Å². The van der Waals surface area contributed by atoms with Crippen LogP contribution in [0.3, 0.4) is 0 Å². The van der Waals surface area contributed by atoms with E-state index >= 15 is 0 Å². The van der Waals surface area contributed by atoms with Crippen LogP contribution in [0.4, 0.5) is 11.4 Å². The van der Waals surface area contributed by atoms with Crippen LogP contribution >= 0.6 is 50.7 Å². The van der Waals surface area contributed by atoms with Crippen molar-refractivity contribution in [2.45, 2.75) is 0 Å². The van der Waals surface area contributed by atoms with Crippen LogP contribution in [0.1, 0.15) is 0 Å². The standard InChI is InChI=1S/C22H24ClN3O4.C18H16ClN3O2.C9H11BrClNO3/c1-27-10-11-29-15-30-21-13-17(14-25-22(21)23)16-2-3-19-18(12-16)20(4-5-24-19)26-6-8-28-9-7-26;19-18-17(23)10-13(11-21-18)12-1-2-15-14(9-12)16(3-4-20-15)22-5-7-24-8-6-22;1-13-2-3-14-6-15-8-4-7(10)5-12-9(8)11/h2-5,12-14H,6-11,15H2,1H3;1-4,9-11,23H,5-8H2;4-5H,2-3,6H2,1H3. The molecule has 2 aliphatic heterocycles. The van der Waals surface area contributed by atoms with Crippen LogP contribution in [0, 0.1) is 0 Å². The number of hydrogen-bond donors (Lipinski definition) is 1. The Morgan fingerprint density at radius 2 is 1.01 bits per heavy atom. The molecule has 20 heteroatoms. The number of methoxy groups -OCH3 is 2. The average Bonchev–Trinajstić information content (AvgIpc) is 3.38. The highest BCUT2D eigenvalue weighted by Gasteiger charge is 2.17. The molecular weight excluding hydrogens is 1020 g/mol. The lowest BCUT2D eigenvalue weighted by Gasteiger charge is -2.29. The zero-order valence-corrected chi connectivity index (χ0v) is 41.8. The third kappa shape index (κ3) is 14.7. The third-order valence-electron chi connectivity index (χ3n) is 10.7. The molecule has 69 heavy (non-hydrogen) atoms. The summed E-state index contributed by atoms with van der Waals surface area (Å²) in [5.74, 6) is 0.948. The number of rotatable bonds is 16. The van der Waals surface area contributed by atoms with Crippen molar-refractivity contribution in [3.63, 3.8) is 0 Å². The van der Waals surface area contributed by atoms with E-state index in [1.165, 1.54) is 0 Å². The fraction of sp³-hybridized carbons (Fsp3) is 0.327. The molecule has 2 saturated heterocycles. The van der Waals surface area contributed by atoms with E-state index in [-0.39, 0.29) is 24.5 Å². The van der Waals surface area contributed by atoms with Crippen molar-refractivity contribution in [3.05, 3.63) is 118 Å². The van der Waals surface area contributed by atoms with Crippen molar-refractivity contribution in [2.24, 2.45) is 0 Å². The maximum atomic E-state index is 9.80. The number of ether oxygens (including phenoxy) is 8. The van der Waals surface area contributed by atoms with Gasteiger partial charge in [-0.2, -0.15) is 0 Å². The number of aromatic nitrogens is 5. The summed E-state index contributed by atoms with van der Waals surface area (Å²) in [7, 11) is 3.23. The van der Waals surface area contributed by atoms with E-state index in [1.54, 1.807) is 44.9 Å². The van der Waals surface area contributed by atoms with Crippen LogP contribution in [0.15, 0.2) is 102 Å². The molecule has 0 saturated carbocycles. The Kier molecular flexibility index (Phi) is 20.0. The quantitative estimate of drug-likeness (QED) is 0.0552. The SMILES string of the molecule is COCCOCOc1cc(-c2ccc3nccc(N4CCOCC4)c3c2)cnc1Cl.COCCOCOc1cc(Br)cnc1Cl.Oc1cc(-c2ccc3nccc(N4CCOCC4)c3c2)cnc1Cl. The van der Waals surface area contributed by atoms with Crippen LogP contribution in [0.25, 0.3) is 44.1 Å². The maximum Gasteiger partial charge on any atom is 0.189 e. The first-order valence-electron chi connectivity index (χ1n) is 21.9. The molecule has 5 aromatic heterocycles. The lowest BCUT2D eigenvalue weighted by atomic mass is 10.0. The van der Waals surface area contributed by atoms with Crippen molar-refractivity contribution in [1.29, 1.82) is 0 Å². The molecule has 7 heterocycles. The van der Waals surface area contributed by atoms with Gasteiger partial charge in [0, 0.05) is 109 Å². The first-order valence-corrected chi connectivity index (χ1v) is 23.8. The number of fused-ring (bicyclic) bond motifs is 2. The summed E-state index contributed by atoms with van der Waals surface area (Å²) in [6.45, 7) is 8.59. The van der Waals surface area contributed by atoms with E-state index in [9.17, 15) is 5.11 Å². The first kappa shape index (κ1) is 51.7. The van der Waals surface area contributed by atoms with Gasteiger partial charge in [-0.15, -0.1) is 0 Å². The first-order chi connectivity index (χ1) is 33.7. The van der Waals surface area contributed by atoms with Gasteiger partial charge in [0.2, 0.25) is 0 Å². The van der Waals surface area contributed by atoms with Gasteiger partial charge in [-0.3, -0.25) is 9.97 Å². The predicted molar refractivity (Wildman–Crippen MR) is 271 cm³/mol. The van der Waals surface area contributed by atoms with Gasteiger partial charge in [0.1, 0.15) is 0 Å². The summed E-state index contributed by atoms with van der Waals surface area (Å²) >= 11 is 21.1. The number of halogens is 4. The predicted octanol–water partition coefficient (Wildman–Crippen LogP) is 9.78. The number of pyridine rings is 5. The summed E-state index contributed by atoms with van der Waals surface area (Å²) in [5.41, 5.74) is 7.90. The Morgan fingerprint density at radius 3 is 1.51 bits per heavy atom. The summed E-state index contributed by atoms with van der Waals surface area (Å²) in [6.07, 6.45) is 8.69. The monoisotopic (exact) mass is 1070 g/mol. The van der Waals surface area contributed by atoms with Crippen molar-refractivity contribution in [3.8, 4) is 39.5 Å². The zero-order valence-electron chi connectivity index (χ0n) is 38.0. The molecule has 16 nitrogen and oxygen atoms in total. The Labute approximate surface area is 423 Å². The minimum atomic E-state index is -0.0196. The molecule has 1 N–H and O–H groups in total. The van der Waals surface area contributed by atoms with Gasteiger partial charge in [0.05, 0.1) is 63.9 Å². The Hall–Kier alpha value is -5.18. The molecule has 364 valence electrons. The van der Waals surface area contributed by atoms with Crippen molar-refractivity contribution >= 4 is 83.9 Å². The van der Waals surface area contributed by atoms with E-state index < -0.39 is 0 Å². The smallest absolute Gasteiger partial charge is 0.189 e. The largest absolute Gasteiger partial charge is 0.505 e. The molecular formula is C49H51BrCl3N7O9. The highest BCUT2D eigenvalue weighted by atomic mass is 79.9. The van der Waals surface area contributed by atoms with E-state index in [2.05, 4.69) is 68.8 Å². The van der Waals surface area contributed by atoms with Gasteiger partial charge in [-0.25, -0.2) is 15.0 Å². The molecule has 0 spiro atoms. The second-order valence-corrected chi connectivity index (χ2v) is 17.1. The van der Waals surface area contributed by atoms with E-state index in [1.807, 2.05) is 48.8 Å². The molecule has 2 fully saturated rings. The Bertz CT molecular complexity index is 2750. The number of hydrogen-bond acceptors (Lipinski definition) is 16. The van der Waals surface area contributed by atoms with Gasteiger partial charge in [0.25, 0.3) is 0 Å². The molecule has 0 unspecified atom stereocenters. The second-order valence-electron chi connectivity index (χ2n) is 15.1. The summed E-state index contributed by atoms with van der Waals surface area (Å²) in [5, 5.41) is 12.7. The normalized spacial score (nSPS) is 13.7. The molecule has 0 radical (unpaired) electrons. The maximum absolute atomic E-state index is 9.80. The van der Waals surface area contributed by atoms with Crippen molar-refractivity contribution < 1.29 is 43.0 Å². The summed E-state index contributed by atoms with van der Waals surface area (Å²) < 4.78 is 42.9. The third-order valence-corrected chi connectivity index (χ3v) is 12.0. The Morgan fingerprint density at radius 1 is 0.551 bits per heavy atom. The molecule has 0 bridgehead atoms. The molecule has 9 rings (SSSR count). The van der Waals surface area contributed by atoms with Crippen LogP contribution in [-0.4, -0.2) is 137 Å². The lowest BCUT2D eigenvalue weighted by molar-refractivity contribution is -0.00867. The summed E-state index contributed by atoms with van der Waals surface area (Å²) in [6, 6.07) is 21.6. The highest BCUT2D eigenvalue weighted by Crippen LogP contribution is 2.35. The molecule has 7 aromatic rings. The molecule has 2 aromatic carbocycles. The second kappa shape index (κ2) is 26.7. The van der Waals surface area contributed by atoms with Gasteiger partial charge in [-0.05, 0) is 81.7 Å². The number of morpholine rings is 2. The number of aromatic hydroxyl groups is 1. The number of nitrogens with zero attached hydrogens (tertiary/aromatic N) is 7. The fourth-order valence-electron chi connectivity index (χ4n) is 7.18. The van der Waals surface area contributed by atoms with Crippen LogP contribution in [0.5, 0.6) is 17.2 Å². The topological polar surface area (TPSA) is 165 Å². The van der Waals surface area contributed by atoms with Gasteiger partial charge in [-0.1, -0.05) is 46.9 Å². The highest BCUT2D eigenvalue weighted by molar-refractivity contribution is 9.10. The van der Waals surface area contributed by atoms with Crippen LogP contribution in [-0.2, 0) is 28.4 Å². The van der Waals surface area contributed by atoms with Crippen molar-refractivity contribution in [2.75, 3.05) is 117 Å².